The topological polar surface area (TPSA) is 74.7 Å². The maximum atomic E-state index is 13.7. The quantitative estimate of drug-likeness (QED) is 0.480. The maximum absolute atomic E-state index is 13.7. The highest BCUT2D eigenvalue weighted by Gasteiger charge is 2.35. The van der Waals surface area contributed by atoms with Crippen LogP contribution in [0.15, 0.2) is 36.4 Å². The van der Waals surface area contributed by atoms with Crippen LogP contribution in [-0.4, -0.2) is 111 Å². The number of piperazine rings is 1. The van der Waals surface area contributed by atoms with Crippen LogP contribution >= 0.6 is 11.6 Å². The highest BCUT2D eigenvalue weighted by molar-refractivity contribution is 6.32. The van der Waals surface area contributed by atoms with E-state index in [9.17, 15) is 23.1 Å². The Balaban J connectivity index is 1.52. The molecule has 1 amide bonds. The van der Waals surface area contributed by atoms with Crippen molar-refractivity contribution in [2.24, 2.45) is 0 Å². The Morgan fingerprint density at radius 1 is 1.07 bits per heavy atom. The lowest BCUT2D eigenvalue weighted by molar-refractivity contribution is -0.137. The van der Waals surface area contributed by atoms with Crippen molar-refractivity contribution >= 4 is 17.5 Å². The van der Waals surface area contributed by atoms with Gasteiger partial charge in [0.1, 0.15) is 11.5 Å². The predicted molar refractivity (Wildman–Crippen MR) is 144 cm³/mol. The number of morpholine rings is 1. The zero-order valence-electron chi connectivity index (χ0n) is 22.6. The van der Waals surface area contributed by atoms with E-state index < -0.39 is 17.6 Å². The summed E-state index contributed by atoms with van der Waals surface area (Å²) in [7, 11) is 2.92. The number of benzene rings is 2. The molecule has 0 aromatic heterocycles. The lowest BCUT2D eigenvalue weighted by atomic mass is 9.99. The number of halogens is 4. The fourth-order valence-corrected chi connectivity index (χ4v) is 5.36. The summed E-state index contributed by atoms with van der Waals surface area (Å²) in [5.74, 6) is -0.596. The Morgan fingerprint density at radius 3 is 2.50 bits per heavy atom. The molecule has 0 aliphatic carbocycles. The molecule has 2 saturated heterocycles. The summed E-state index contributed by atoms with van der Waals surface area (Å²) in [5.41, 5.74) is -0.254. The van der Waals surface area contributed by atoms with Gasteiger partial charge < -0.3 is 24.2 Å². The van der Waals surface area contributed by atoms with Crippen molar-refractivity contribution in [1.29, 1.82) is 0 Å². The van der Waals surface area contributed by atoms with Crippen LogP contribution in [0, 0.1) is 0 Å². The third-order valence-electron chi connectivity index (χ3n) is 7.33. The summed E-state index contributed by atoms with van der Waals surface area (Å²) in [6.07, 6.45) is -4.19. The van der Waals surface area contributed by atoms with Crippen LogP contribution in [0.4, 0.5) is 13.2 Å². The fourth-order valence-electron chi connectivity index (χ4n) is 5.25. The molecule has 40 heavy (non-hydrogen) atoms. The monoisotopic (exact) mass is 585 g/mol. The number of hydrogen-bond donors (Lipinski definition) is 1. The molecule has 2 heterocycles. The first-order chi connectivity index (χ1) is 19.1. The van der Waals surface area contributed by atoms with Crippen molar-refractivity contribution in [3.63, 3.8) is 0 Å². The average Bonchev–Trinajstić information content (AvgIpc) is 2.93. The van der Waals surface area contributed by atoms with Crippen molar-refractivity contribution in [2.75, 3.05) is 73.2 Å². The predicted octanol–water partition coefficient (Wildman–Crippen LogP) is 3.79. The second kappa shape index (κ2) is 13.4. The van der Waals surface area contributed by atoms with Crippen LogP contribution in [0.3, 0.4) is 0 Å². The normalized spacial score (nSPS) is 21.0. The molecule has 0 unspecified atom stereocenters. The molecule has 1 N–H and O–H groups in total. The van der Waals surface area contributed by atoms with Crippen LogP contribution in [0.25, 0.3) is 0 Å². The molecule has 220 valence electrons. The van der Waals surface area contributed by atoms with Gasteiger partial charge in [-0.3, -0.25) is 14.6 Å². The maximum Gasteiger partial charge on any atom is 0.416 e. The number of amides is 1. The highest BCUT2D eigenvalue weighted by atomic mass is 35.5. The van der Waals surface area contributed by atoms with E-state index in [0.29, 0.717) is 39.3 Å². The van der Waals surface area contributed by atoms with Crippen LogP contribution in [0.2, 0.25) is 5.02 Å². The van der Waals surface area contributed by atoms with E-state index in [-0.39, 0.29) is 34.2 Å². The number of carbonyl (C=O) groups is 1. The van der Waals surface area contributed by atoms with Crippen molar-refractivity contribution in [3.05, 3.63) is 58.1 Å². The molecule has 0 bridgehead atoms. The highest BCUT2D eigenvalue weighted by Crippen LogP contribution is 2.33. The minimum atomic E-state index is -4.62. The van der Waals surface area contributed by atoms with Crippen molar-refractivity contribution < 1.29 is 37.3 Å². The molecule has 2 aromatic carbocycles. The van der Waals surface area contributed by atoms with Crippen LogP contribution in [0.1, 0.15) is 21.5 Å². The first-order valence-corrected chi connectivity index (χ1v) is 13.5. The van der Waals surface area contributed by atoms with E-state index in [4.69, 9.17) is 25.8 Å². The summed E-state index contributed by atoms with van der Waals surface area (Å²) in [6, 6.07) is 7.67. The van der Waals surface area contributed by atoms with Gasteiger partial charge in [0.15, 0.2) is 0 Å². The minimum absolute atomic E-state index is 0.0306. The van der Waals surface area contributed by atoms with E-state index in [2.05, 4.69) is 9.80 Å². The molecule has 0 saturated carbocycles. The van der Waals surface area contributed by atoms with E-state index in [1.807, 2.05) is 0 Å². The summed E-state index contributed by atoms with van der Waals surface area (Å²) in [6.45, 7) is 5.80. The Labute approximate surface area is 237 Å². The molecule has 2 aromatic rings. The van der Waals surface area contributed by atoms with E-state index in [1.165, 1.54) is 13.2 Å². The Kier molecular flexibility index (Phi) is 10.2. The molecular formula is C28H35ClF3N3O5. The van der Waals surface area contributed by atoms with E-state index in [1.54, 1.807) is 30.2 Å². The smallest absolute Gasteiger partial charge is 0.416 e. The number of methoxy groups -OCH3 is 2. The molecular weight excluding hydrogens is 551 g/mol. The van der Waals surface area contributed by atoms with Gasteiger partial charge in [-0.1, -0.05) is 17.7 Å². The van der Waals surface area contributed by atoms with Gasteiger partial charge >= 0.3 is 6.18 Å². The van der Waals surface area contributed by atoms with Gasteiger partial charge in [0, 0.05) is 64.5 Å². The van der Waals surface area contributed by atoms with Crippen molar-refractivity contribution in [3.8, 4) is 11.5 Å². The number of nitrogens with zero attached hydrogens (tertiary/aromatic N) is 3. The first-order valence-electron chi connectivity index (χ1n) is 13.2. The van der Waals surface area contributed by atoms with Gasteiger partial charge in [-0.2, -0.15) is 13.2 Å². The van der Waals surface area contributed by atoms with Gasteiger partial charge in [-0.25, -0.2) is 0 Å². The largest absolute Gasteiger partial charge is 0.506 e. The number of carbonyl (C=O) groups excluding carboxylic acids is 1. The summed E-state index contributed by atoms with van der Waals surface area (Å²) in [4.78, 5) is 19.9. The summed E-state index contributed by atoms with van der Waals surface area (Å²) < 4.78 is 56.6. The Bertz CT molecular complexity index is 1170. The minimum Gasteiger partial charge on any atom is -0.506 e. The molecule has 2 atom stereocenters. The lowest BCUT2D eigenvalue weighted by Crippen LogP contribution is -2.57. The molecule has 2 fully saturated rings. The van der Waals surface area contributed by atoms with E-state index in [0.717, 1.165) is 43.9 Å². The Hall–Kier alpha value is -2.57. The summed E-state index contributed by atoms with van der Waals surface area (Å²) in [5, 5.41) is 10.3. The zero-order chi connectivity index (χ0) is 28.9. The fraction of sp³-hybridized carbons (Fsp3) is 0.536. The first kappa shape index (κ1) is 30.4. The summed E-state index contributed by atoms with van der Waals surface area (Å²) >= 11 is 5.98. The van der Waals surface area contributed by atoms with Gasteiger partial charge in [0.25, 0.3) is 5.91 Å². The average molecular weight is 586 g/mol. The molecule has 8 nitrogen and oxygen atoms in total. The third kappa shape index (κ3) is 7.79. The molecule has 0 radical (unpaired) electrons. The second-order valence-electron chi connectivity index (χ2n) is 10.1. The lowest BCUT2D eigenvalue weighted by Gasteiger charge is -2.42. The second-order valence-corrected chi connectivity index (χ2v) is 10.5. The van der Waals surface area contributed by atoms with Gasteiger partial charge in [0.2, 0.25) is 0 Å². The number of aromatic hydroxyl groups is 1. The molecule has 0 spiro atoms. The van der Waals surface area contributed by atoms with Gasteiger partial charge in [-0.15, -0.1) is 0 Å². The van der Waals surface area contributed by atoms with Gasteiger partial charge in [0.05, 0.1) is 37.0 Å². The zero-order valence-corrected chi connectivity index (χ0v) is 23.4. The molecule has 2 aliphatic rings. The number of rotatable bonds is 9. The van der Waals surface area contributed by atoms with Crippen molar-refractivity contribution in [1.82, 2.24) is 14.7 Å². The van der Waals surface area contributed by atoms with Crippen LogP contribution < -0.4 is 4.74 Å². The third-order valence-corrected chi connectivity index (χ3v) is 7.65. The number of ether oxygens (including phenoxy) is 3. The Morgan fingerprint density at radius 2 is 1.82 bits per heavy atom. The number of hydrogen-bond acceptors (Lipinski definition) is 7. The number of phenolic OH excluding ortho intramolecular Hbond substituents is 1. The van der Waals surface area contributed by atoms with Crippen LogP contribution in [0.5, 0.6) is 11.5 Å². The molecule has 2 aliphatic heterocycles. The van der Waals surface area contributed by atoms with Crippen LogP contribution in [-0.2, 0) is 22.1 Å². The number of phenols is 1. The number of alkyl halides is 3. The van der Waals surface area contributed by atoms with Gasteiger partial charge in [-0.05, 0) is 42.3 Å². The SMILES string of the molecule is COC[C@@H]1CN(CCN2CCN(C(=O)c3cc(OC)cc(C(F)(F)F)c3)[C@H](Cc3ccc(Cl)c(O)c3)C2)CCO1. The van der Waals surface area contributed by atoms with E-state index >= 15 is 0 Å². The molecule has 12 heteroatoms. The standard InChI is InChI=1S/C28H35ClF3N3O5/c1-38-18-24-17-34(9-10-40-24)6-5-33-7-8-35(22(16-33)11-19-3-4-25(29)26(36)12-19)27(37)20-13-21(28(30,31)32)15-23(14-20)39-2/h3-4,12-15,22,24,36H,5-11,16-18H2,1-2H3/t22-,24+/m1/s1. The molecule has 4 rings (SSSR count). The van der Waals surface area contributed by atoms with Crippen molar-refractivity contribution in [2.45, 2.75) is 24.7 Å².